The van der Waals surface area contributed by atoms with Crippen LogP contribution in [0.1, 0.15) is 43.0 Å². The summed E-state index contributed by atoms with van der Waals surface area (Å²) in [7, 11) is 0. The Morgan fingerprint density at radius 3 is 2.18 bits per heavy atom. The minimum Gasteiger partial charge on any atom is -0.340 e. The van der Waals surface area contributed by atoms with Gasteiger partial charge in [-0.2, -0.15) is 0 Å². The van der Waals surface area contributed by atoms with E-state index in [4.69, 9.17) is 0 Å². The van der Waals surface area contributed by atoms with E-state index in [0.29, 0.717) is 18.2 Å². The SMILES string of the molecule is CCN1CCN(C(=O)CCC2CCN(C(=O)c3ccc(SC)cc3)CC2)CC1. The molecule has 0 atom stereocenters. The first-order valence-electron chi connectivity index (χ1n) is 10.5. The van der Waals surface area contributed by atoms with Gasteiger partial charge in [0.2, 0.25) is 5.91 Å². The lowest BCUT2D eigenvalue weighted by Gasteiger charge is -2.35. The maximum Gasteiger partial charge on any atom is 0.253 e. The van der Waals surface area contributed by atoms with Gasteiger partial charge in [0.1, 0.15) is 0 Å². The second-order valence-electron chi connectivity index (χ2n) is 7.82. The highest BCUT2D eigenvalue weighted by atomic mass is 32.2. The number of likely N-dealkylation sites (tertiary alicyclic amines) is 1. The molecule has 0 aliphatic carbocycles. The van der Waals surface area contributed by atoms with E-state index >= 15 is 0 Å². The monoisotopic (exact) mass is 403 g/mol. The van der Waals surface area contributed by atoms with Gasteiger partial charge in [-0.05, 0) is 62.2 Å². The van der Waals surface area contributed by atoms with Gasteiger partial charge in [0.15, 0.2) is 0 Å². The van der Waals surface area contributed by atoms with Crippen molar-refractivity contribution in [2.24, 2.45) is 5.92 Å². The molecule has 2 aliphatic heterocycles. The van der Waals surface area contributed by atoms with Crippen LogP contribution in [0.25, 0.3) is 0 Å². The molecule has 0 radical (unpaired) electrons. The molecule has 0 N–H and O–H groups in total. The van der Waals surface area contributed by atoms with Crippen molar-refractivity contribution in [3.8, 4) is 0 Å². The van der Waals surface area contributed by atoms with Crippen molar-refractivity contribution in [1.82, 2.24) is 14.7 Å². The first-order chi connectivity index (χ1) is 13.6. The van der Waals surface area contributed by atoms with Crippen LogP contribution in [0.5, 0.6) is 0 Å². The third kappa shape index (κ3) is 5.51. The van der Waals surface area contributed by atoms with E-state index in [1.165, 1.54) is 4.90 Å². The number of amides is 2. The number of likely N-dealkylation sites (N-methyl/N-ethyl adjacent to an activating group) is 1. The van der Waals surface area contributed by atoms with Gasteiger partial charge in [-0.15, -0.1) is 11.8 Å². The highest BCUT2D eigenvalue weighted by Gasteiger charge is 2.25. The Hall–Kier alpha value is -1.53. The number of hydrogen-bond acceptors (Lipinski definition) is 4. The van der Waals surface area contributed by atoms with Crippen molar-refractivity contribution in [2.45, 2.75) is 37.5 Å². The smallest absolute Gasteiger partial charge is 0.253 e. The van der Waals surface area contributed by atoms with E-state index in [9.17, 15) is 9.59 Å². The first-order valence-corrected chi connectivity index (χ1v) is 11.8. The summed E-state index contributed by atoms with van der Waals surface area (Å²) in [5, 5.41) is 0. The van der Waals surface area contributed by atoms with E-state index in [-0.39, 0.29) is 5.91 Å². The van der Waals surface area contributed by atoms with Gasteiger partial charge in [-0.1, -0.05) is 6.92 Å². The van der Waals surface area contributed by atoms with Crippen LogP contribution in [-0.2, 0) is 4.79 Å². The van der Waals surface area contributed by atoms with Crippen LogP contribution in [0.4, 0.5) is 0 Å². The van der Waals surface area contributed by atoms with Crippen molar-refractivity contribution >= 4 is 23.6 Å². The van der Waals surface area contributed by atoms with Gasteiger partial charge in [0, 0.05) is 56.1 Å². The molecule has 0 spiro atoms. The summed E-state index contributed by atoms with van der Waals surface area (Å²) in [4.78, 5) is 32.7. The predicted molar refractivity (Wildman–Crippen MR) is 115 cm³/mol. The molecule has 2 aliphatic rings. The van der Waals surface area contributed by atoms with Crippen molar-refractivity contribution in [1.29, 1.82) is 0 Å². The maximum absolute atomic E-state index is 12.7. The highest BCUT2D eigenvalue weighted by molar-refractivity contribution is 7.98. The molecule has 2 saturated heterocycles. The van der Waals surface area contributed by atoms with Gasteiger partial charge in [0.05, 0.1) is 0 Å². The number of carbonyl (C=O) groups is 2. The Bertz CT molecular complexity index is 648. The van der Waals surface area contributed by atoms with Gasteiger partial charge in [-0.25, -0.2) is 0 Å². The number of nitrogens with zero attached hydrogens (tertiary/aromatic N) is 3. The van der Waals surface area contributed by atoms with Crippen LogP contribution in [0.2, 0.25) is 0 Å². The molecule has 2 amide bonds. The average Bonchev–Trinajstić information content (AvgIpc) is 2.77. The van der Waals surface area contributed by atoms with E-state index in [1.54, 1.807) is 11.8 Å². The molecule has 0 bridgehead atoms. The number of piperidine rings is 1. The van der Waals surface area contributed by atoms with E-state index in [1.807, 2.05) is 40.3 Å². The summed E-state index contributed by atoms with van der Waals surface area (Å²) in [5.74, 6) is 1.00. The van der Waals surface area contributed by atoms with Crippen molar-refractivity contribution < 1.29 is 9.59 Å². The second kappa shape index (κ2) is 10.3. The molecule has 1 aromatic rings. The average molecular weight is 404 g/mol. The summed E-state index contributed by atoms with van der Waals surface area (Å²) in [6, 6.07) is 7.88. The maximum atomic E-state index is 12.7. The molecule has 0 saturated carbocycles. The molecule has 28 heavy (non-hydrogen) atoms. The molecule has 5 nitrogen and oxygen atoms in total. The molecular formula is C22H33N3O2S. The Morgan fingerprint density at radius 1 is 0.964 bits per heavy atom. The molecule has 3 rings (SSSR count). The Balaban J connectivity index is 1.39. The fraction of sp³-hybridized carbons (Fsp3) is 0.636. The lowest BCUT2D eigenvalue weighted by Crippen LogP contribution is -2.48. The number of rotatable bonds is 6. The van der Waals surface area contributed by atoms with E-state index in [2.05, 4.69) is 11.8 Å². The van der Waals surface area contributed by atoms with E-state index < -0.39 is 0 Å². The standard InChI is InChI=1S/C22H33N3O2S/c1-3-23-14-16-24(17-15-23)21(26)9-4-18-10-12-25(13-11-18)22(27)19-5-7-20(28-2)8-6-19/h5-8,18H,3-4,9-17H2,1-2H3. The van der Waals surface area contributed by atoms with Crippen LogP contribution >= 0.6 is 11.8 Å². The van der Waals surface area contributed by atoms with Crippen molar-refractivity contribution in [3.05, 3.63) is 29.8 Å². The van der Waals surface area contributed by atoms with Crippen LogP contribution in [-0.4, -0.2) is 78.6 Å². The van der Waals surface area contributed by atoms with Crippen LogP contribution in [0, 0.1) is 5.92 Å². The molecule has 6 heteroatoms. The zero-order valence-corrected chi connectivity index (χ0v) is 18.0. The minimum atomic E-state index is 0.135. The number of benzene rings is 1. The minimum absolute atomic E-state index is 0.135. The molecule has 0 unspecified atom stereocenters. The Morgan fingerprint density at radius 2 is 1.61 bits per heavy atom. The molecule has 1 aromatic carbocycles. The second-order valence-corrected chi connectivity index (χ2v) is 8.70. The highest BCUT2D eigenvalue weighted by Crippen LogP contribution is 2.24. The van der Waals surface area contributed by atoms with Gasteiger partial charge in [0.25, 0.3) is 5.91 Å². The van der Waals surface area contributed by atoms with Gasteiger partial charge < -0.3 is 14.7 Å². The fourth-order valence-corrected chi connectivity index (χ4v) is 4.55. The quantitative estimate of drug-likeness (QED) is 0.684. The normalized spacial score (nSPS) is 19.1. The molecule has 2 heterocycles. The molecule has 0 aromatic heterocycles. The lowest BCUT2D eigenvalue weighted by atomic mass is 9.91. The molecule has 2 fully saturated rings. The van der Waals surface area contributed by atoms with Crippen LogP contribution in [0.3, 0.4) is 0 Å². The number of thioether (sulfide) groups is 1. The van der Waals surface area contributed by atoms with E-state index in [0.717, 1.165) is 70.6 Å². The zero-order chi connectivity index (χ0) is 19.9. The third-order valence-corrected chi connectivity index (χ3v) is 6.92. The largest absolute Gasteiger partial charge is 0.340 e. The number of carbonyl (C=O) groups excluding carboxylic acids is 2. The lowest BCUT2D eigenvalue weighted by molar-refractivity contribution is -0.133. The summed E-state index contributed by atoms with van der Waals surface area (Å²) >= 11 is 1.69. The molecule has 154 valence electrons. The van der Waals surface area contributed by atoms with Crippen LogP contribution in [0.15, 0.2) is 29.2 Å². The summed E-state index contributed by atoms with van der Waals surface area (Å²) < 4.78 is 0. The number of piperazine rings is 1. The summed E-state index contributed by atoms with van der Waals surface area (Å²) in [6.07, 6.45) is 5.66. The van der Waals surface area contributed by atoms with Crippen molar-refractivity contribution in [2.75, 3.05) is 52.1 Å². The summed E-state index contributed by atoms with van der Waals surface area (Å²) in [5.41, 5.74) is 0.776. The molecular weight excluding hydrogens is 370 g/mol. The Labute approximate surface area is 173 Å². The number of hydrogen-bond donors (Lipinski definition) is 0. The van der Waals surface area contributed by atoms with Gasteiger partial charge in [-0.3, -0.25) is 9.59 Å². The predicted octanol–water partition coefficient (Wildman–Crippen LogP) is 3.21. The first kappa shape index (κ1) is 21.2. The fourth-order valence-electron chi connectivity index (χ4n) is 4.14. The summed E-state index contributed by atoms with van der Waals surface area (Å²) in [6.45, 7) is 8.59. The topological polar surface area (TPSA) is 43.9 Å². The van der Waals surface area contributed by atoms with Crippen molar-refractivity contribution in [3.63, 3.8) is 0 Å². The Kier molecular flexibility index (Phi) is 7.80. The van der Waals surface area contributed by atoms with Gasteiger partial charge >= 0.3 is 0 Å². The third-order valence-electron chi connectivity index (χ3n) is 6.18. The zero-order valence-electron chi connectivity index (χ0n) is 17.2. The van der Waals surface area contributed by atoms with Crippen LogP contribution < -0.4 is 0 Å².